The predicted octanol–water partition coefficient (Wildman–Crippen LogP) is 3.80. The highest BCUT2D eigenvalue weighted by Crippen LogP contribution is 2.51. The fourth-order valence-electron chi connectivity index (χ4n) is 4.05. The fraction of sp³-hybridized carbons (Fsp3) is 0.474. The summed E-state index contributed by atoms with van der Waals surface area (Å²) in [4.78, 5) is 27.7. The molecule has 2 aliphatic carbocycles. The van der Waals surface area contributed by atoms with Crippen molar-refractivity contribution in [1.82, 2.24) is 9.55 Å². The van der Waals surface area contributed by atoms with Crippen LogP contribution in [0, 0.1) is 0 Å². The Morgan fingerprint density at radius 2 is 2.00 bits per heavy atom. The van der Waals surface area contributed by atoms with E-state index in [0.29, 0.717) is 5.56 Å². The summed E-state index contributed by atoms with van der Waals surface area (Å²) in [5.41, 5.74) is 3.71. The lowest BCUT2D eigenvalue weighted by atomic mass is 9.76. The van der Waals surface area contributed by atoms with E-state index in [-0.39, 0.29) is 17.8 Å². The second kappa shape index (κ2) is 6.73. The van der Waals surface area contributed by atoms with Crippen molar-refractivity contribution in [3.8, 4) is 0 Å². The molecule has 150 valence electrons. The maximum absolute atomic E-state index is 15.4. The van der Waals surface area contributed by atoms with E-state index in [1.807, 2.05) is 0 Å². The zero-order chi connectivity index (χ0) is 20.3. The summed E-state index contributed by atoms with van der Waals surface area (Å²) in [7, 11) is 0. The van der Waals surface area contributed by atoms with Gasteiger partial charge in [-0.3, -0.25) is 14.3 Å². The van der Waals surface area contributed by atoms with E-state index < -0.39 is 46.5 Å². The van der Waals surface area contributed by atoms with E-state index in [1.54, 1.807) is 25.3 Å². The molecule has 2 aliphatic rings. The monoisotopic (exact) mass is 411 g/mol. The number of nitrogens with two attached hydrogens (primary N) is 1. The molecular formula is C19H20F3N3O2S. The van der Waals surface area contributed by atoms with Gasteiger partial charge < -0.3 is 5.73 Å². The van der Waals surface area contributed by atoms with Gasteiger partial charge in [-0.25, -0.2) is 18.0 Å². The second-order valence-corrected chi connectivity index (χ2v) is 8.46. The van der Waals surface area contributed by atoms with Crippen LogP contribution in [0.1, 0.15) is 72.3 Å². The number of aromatic nitrogens is 2. The van der Waals surface area contributed by atoms with Crippen molar-refractivity contribution < 1.29 is 13.2 Å². The van der Waals surface area contributed by atoms with Crippen molar-refractivity contribution >= 4 is 16.9 Å². The molecule has 5 nitrogen and oxygen atoms in total. The fourth-order valence-corrected chi connectivity index (χ4v) is 4.96. The summed E-state index contributed by atoms with van der Waals surface area (Å²) in [6.07, 6.45) is -1.73. The number of aromatic amines is 1. The molecule has 3 unspecified atom stereocenters. The van der Waals surface area contributed by atoms with Crippen LogP contribution in [0.15, 0.2) is 26.9 Å². The summed E-state index contributed by atoms with van der Waals surface area (Å²) in [5.74, 6) is -2.66. The predicted molar refractivity (Wildman–Crippen MR) is 102 cm³/mol. The summed E-state index contributed by atoms with van der Waals surface area (Å²) in [6.45, 7) is 3.46. The first-order valence-corrected chi connectivity index (χ1v) is 10.0. The average molecular weight is 411 g/mol. The molecule has 0 aliphatic heterocycles. The van der Waals surface area contributed by atoms with Crippen LogP contribution in [0.25, 0.3) is 5.57 Å². The van der Waals surface area contributed by atoms with Crippen molar-refractivity contribution in [2.24, 2.45) is 5.73 Å². The molecule has 2 aromatic heterocycles. The molecule has 9 heteroatoms. The number of thiophene rings is 1. The van der Waals surface area contributed by atoms with Gasteiger partial charge in [0.1, 0.15) is 5.83 Å². The van der Waals surface area contributed by atoms with Crippen LogP contribution in [0.3, 0.4) is 0 Å². The first kappa shape index (κ1) is 19.2. The summed E-state index contributed by atoms with van der Waals surface area (Å²) >= 11 is 1.34. The van der Waals surface area contributed by atoms with Gasteiger partial charge in [0, 0.05) is 34.5 Å². The van der Waals surface area contributed by atoms with Crippen LogP contribution in [0.5, 0.6) is 0 Å². The highest BCUT2D eigenvalue weighted by Gasteiger charge is 2.43. The van der Waals surface area contributed by atoms with Gasteiger partial charge >= 0.3 is 5.69 Å². The molecule has 3 N–H and O–H groups in total. The van der Waals surface area contributed by atoms with Crippen molar-refractivity contribution in [1.29, 1.82) is 0 Å². The Labute approximate surface area is 162 Å². The van der Waals surface area contributed by atoms with Gasteiger partial charge in [0.15, 0.2) is 0 Å². The SMILES string of the molecule is CC(N)c1cc(C2C(F)=C(C(F)F)c3c(n(C4CC4)c(=O)[nH]c3=O)C2C)cs1. The molecule has 0 amide bonds. The van der Waals surface area contributed by atoms with Gasteiger partial charge in [-0.05, 0) is 36.8 Å². The standard InChI is InChI=1S/C19H20F3N3O2S/c1-7-12(9-5-11(8(2)23)28-6-9)15(20)13(17(21)22)14-16(7)25(10-3-4-10)19(27)24-18(14)26/h5-8,10,12,17H,3-4,23H2,1-2H3,(H,24,26,27). The number of fused-ring (bicyclic) bond motifs is 1. The Morgan fingerprint density at radius 1 is 1.32 bits per heavy atom. The molecule has 1 saturated carbocycles. The molecule has 0 saturated heterocycles. The largest absolute Gasteiger partial charge is 0.328 e. The normalized spacial score (nSPS) is 23.2. The third kappa shape index (κ3) is 2.88. The second-order valence-electron chi connectivity index (χ2n) is 7.52. The molecule has 28 heavy (non-hydrogen) atoms. The summed E-state index contributed by atoms with van der Waals surface area (Å²) in [5, 5.41) is 1.71. The Morgan fingerprint density at radius 3 is 2.54 bits per heavy atom. The molecule has 2 aromatic rings. The van der Waals surface area contributed by atoms with Gasteiger partial charge in [0.2, 0.25) is 0 Å². The maximum Gasteiger partial charge on any atom is 0.328 e. The number of alkyl halides is 2. The van der Waals surface area contributed by atoms with Crippen LogP contribution in [0.2, 0.25) is 0 Å². The number of nitrogens with one attached hydrogen (secondary N) is 1. The van der Waals surface area contributed by atoms with Crippen LogP contribution >= 0.6 is 11.3 Å². The first-order valence-electron chi connectivity index (χ1n) is 9.13. The molecule has 3 atom stereocenters. The molecule has 1 fully saturated rings. The third-order valence-electron chi connectivity index (χ3n) is 5.49. The smallest absolute Gasteiger partial charge is 0.324 e. The van der Waals surface area contributed by atoms with E-state index in [0.717, 1.165) is 17.7 Å². The number of hydrogen-bond donors (Lipinski definition) is 2. The Kier molecular flexibility index (Phi) is 4.62. The van der Waals surface area contributed by atoms with Gasteiger partial charge in [-0.2, -0.15) is 0 Å². The Bertz CT molecular complexity index is 1080. The van der Waals surface area contributed by atoms with E-state index in [9.17, 15) is 18.4 Å². The number of nitrogens with zero attached hydrogens (tertiary/aromatic N) is 1. The number of allylic oxidation sites excluding steroid dienone is 2. The van der Waals surface area contributed by atoms with Gasteiger partial charge in [-0.1, -0.05) is 6.92 Å². The topological polar surface area (TPSA) is 80.9 Å². The first-order chi connectivity index (χ1) is 13.2. The zero-order valence-electron chi connectivity index (χ0n) is 15.3. The van der Waals surface area contributed by atoms with E-state index in [2.05, 4.69) is 4.98 Å². The summed E-state index contributed by atoms with van der Waals surface area (Å²) < 4.78 is 44.5. The highest BCUT2D eigenvalue weighted by atomic mass is 32.1. The lowest BCUT2D eigenvalue weighted by molar-refractivity contribution is 0.209. The quantitative estimate of drug-likeness (QED) is 0.803. The molecule has 0 radical (unpaired) electrons. The lowest BCUT2D eigenvalue weighted by Gasteiger charge is -2.33. The number of halogens is 3. The maximum atomic E-state index is 15.4. The van der Waals surface area contributed by atoms with Crippen molar-refractivity contribution in [3.05, 3.63) is 59.8 Å². The zero-order valence-corrected chi connectivity index (χ0v) is 16.2. The minimum absolute atomic E-state index is 0.150. The average Bonchev–Trinajstić information content (AvgIpc) is 3.31. The number of H-pyrrole nitrogens is 1. The van der Waals surface area contributed by atoms with Crippen molar-refractivity contribution in [3.63, 3.8) is 0 Å². The minimum Gasteiger partial charge on any atom is -0.324 e. The minimum atomic E-state index is -3.17. The van der Waals surface area contributed by atoms with E-state index in [4.69, 9.17) is 5.73 Å². The van der Waals surface area contributed by atoms with Crippen LogP contribution in [-0.4, -0.2) is 16.0 Å². The number of hydrogen-bond acceptors (Lipinski definition) is 4. The van der Waals surface area contributed by atoms with Crippen LogP contribution < -0.4 is 17.0 Å². The van der Waals surface area contributed by atoms with Gasteiger partial charge in [-0.15, -0.1) is 11.3 Å². The third-order valence-corrected chi connectivity index (χ3v) is 6.64. The van der Waals surface area contributed by atoms with E-state index in [1.165, 1.54) is 15.9 Å². The van der Waals surface area contributed by atoms with Crippen LogP contribution in [-0.2, 0) is 0 Å². The summed E-state index contributed by atoms with van der Waals surface area (Å²) in [6, 6.07) is 1.30. The van der Waals surface area contributed by atoms with Crippen molar-refractivity contribution in [2.45, 2.75) is 57.0 Å². The Balaban J connectivity index is 2.00. The van der Waals surface area contributed by atoms with Gasteiger partial charge in [0.05, 0.1) is 11.1 Å². The molecule has 0 bridgehead atoms. The van der Waals surface area contributed by atoms with Gasteiger partial charge in [0.25, 0.3) is 12.0 Å². The van der Waals surface area contributed by atoms with E-state index >= 15 is 4.39 Å². The molecule has 0 spiro atoms. The number of rotatable bonds is 4. The molecule has 0 aromatic carbocycles. The van der Waals surface area contributed by atoms with Crippen molar-refractivity contribution in [2.75, 3.05) is 0 Å². The molecular weight excluding hydrogens is 391 g/mol. The highest BCUT2D eigenvalue weighted by molar-refractivity contribution is 7.10. The molecule has 2 heterocycles. The molecule has 4 rings (SSSR count). The lowest BCUT2D eigenvalue weighted by Crippen LogP contribution is -2.39. The van der Waals surface area contributed by atoms with Crippen LogP contribution in [0.4, 0.5) is 13.2 Å². The Hall–Kier alpha value is -2.13.